The number of aliphatic hydroxyl groups is 2. The number of aliphatic hydroxyl groups excluding tert-OH is 2. The van der Waals surface area contributed by atoms with Crippen molar-refractivity contribution in [2.75, 3.05) is 6.61 Å². The number of carbonyl (C=O) groups is 1. The van der Waals surface area contributed by atoms with Gasteiger partial charge in [-0.2, -0.15) is 0 Å². The summed E-state index contributed by atoms with van der Waals surface area (Å²) in [5, 5.41) is 26.9. The van der Waals surface area contributed by atoms with E-state index in [-0.39, 0.29) is 6.10 Å². The van der Waals surface area contributed by atoms with E-state index in [1.54, 1.807) is 0 Å². The number of hydrogen-bond donors (Lipinski definition) is 3. The van der Waals surface area contributed by atoms with Gasteiger partial charge in [-0.25, -0.2) is 0 Å². The molecule has 0 spiro atoms. The summed E-state index contributed by atoms with van der Waals surface area (Å²) in [6.45, 7) is 4.83. The van der Waals surface area contributed by atoms with Gasteiger partial charge in [-0.3, -0.25) is 4.79 Å². The van der Waals surface area contributed by atoms with Crippen LogP contribution < -0.4 is 0 Å². The normalized spacial score (nSPS) is 12.0. The zero-order chi connectivity index (χ0) is 25.5. The number of unbranched alkanes of at least 4 members (excludes halogenated alkanes) is 17. The van der Waals surface area contributed by atoms with Crippen LogP contribution in [0.1, 0.15) is 162 Å². The summed E-state index contributed by atoms with van der Waals surface area (Å²) in [4.78, 5) is 10.3. The van der Waals surface area contributed by atoms with Crippen LogP contribution in [0, 0.1) is 0 Å². The minimum absolute atomic E-state index is 0.172. The van der Waals surface area contributed by atoms with Crippen molar-refractivity contribution in [2.45, 2.75) is 168 Å². The fraction of sp³-hybridized carbons (Fsp3) is 0.900. The maximum Gasteiger partial charge on any atom is 0.303 e. The zero-order valence-corrected chi connectivity index (χ0v) is 23.0. The molecule has 4 nitrogen and oxygen atoms in total. The molecule has 3 N–H and O–H groups in total. The lowest BCUT2D eigenvalue weighted by Crippen LogP contribution is -2.04. The SMILES string of the molecule is CCCCCCC(O)C/C=C\CCCCCCCC(=O)O.CCCCCCCCCCCCO. The highest BCUT2D eigenvalue weighted by Gasteiger charge is 2.00. The highest BCUT2D eigenvalue weighted by atomic mass is 16.4. The number of carboxylic acid groups (broad SMARTS) is 1. The Hall–Kier alpha value is -0.870. The van der Waals surface area contributed by atoms with Crippen LogP contribution in [0.2, 0.25) is 0 Å². The Morgan fingerprint density at radius 2 is 1.12 bits per heavy atom. The Labute approximate surface area is 212 Å². The van der Waals surface area contributed by atoms with Gasteiger partial charge in [0.1, 0.15) is 0 Å². The van der Waals surface area contributed by atoms with E-state index < -0.39 is 5.97 Å². The maximum atomic E-state index is 10.3. The molecule has 0 bridgehead atoms. The second-order valence-corrected chi connectivity index (χ2v) is 9.82. The van der Waals surface area contributed by atoms with E-state index in [0.717, 1.165) is 57.8 Å². The summed E-state index contributed by atoms with van der Waals surface area (Å²) in [7, 11) is 0. The molecule has 0 aromatic rings. The van der Waals surface area contributed by atoms with Crippen LogP contribution in [0.5, 0.6) is 0 Å². The molecule has 4 heteroatoms. The van der Waals surface area contributed by atoms with Gasteiger partial charge in [-0.1, -0.05) is 129 Å². The smallest absolute Gasteiger partial charge is 0.303 e. The second kappa shape index (κ2) is 32.1. The molecule has 0 rings (SSSR count). The van der Waals surface area contributed by atoms with Gasteiger partial charge in [0.25, 0.3) is 0 Å². The third kappa shape index (κ3) is 35.7. The van der Waals surface area contributed by atoms with Gasteiger partial charge in [-0.15, -0.1) is 0 Å². The molecule has 0 amide bonds. The Morgan fingerprint density at radius 1 is 0.647 bits per heavy atom. The van der Waals surface area contributed by atoms with Crippen molar-refractivity contribution < 1.29 is 20.1 Å². The minimum Gasteiger partial charge on any atom is -0.481 e. The van der Waals surface area contributed by atoms with E-state index in [2.05, 4.69) is 26.0 Å². The summed E-state index contributed by atoms with van der Waals surface area (Å²) in [6, 6.07) is 0. The Morgan fingerprint density at radius 3 is 1.65 bits per heavy atom. The number of aliphatic carboxylic acids is 1. The third-order valence-electron chi connectivity index (χ3n) is 6.24. The highest BCUT2D eigenvalue weighted by Crippen LogP contribution is 2.11. The van der Waals surface area contributed by atoms with Crippen LogP contribution in [0.15, 0.2) is 12.2 Å². The lowest BCUT2D eigenvalue weighted by molar-refractivity contribution is -0.137. The van der Waals surface area contributed by atoms with Crippen LogP contribution in [0.3, 0.4) is 0 Å². The molecule has 0 saturated heterocycles. The molecule has 0 aliphatic heterocycles. The van der Waals surface area contributed by atoms with Gasteiger partial charge >= 0.3 is 5.97 Å². The zero-order valence-electron chi connectivity index (χ0n) is 23.0. The molecular formula is C30H60O4. The first kappa shape index (κ1) is 35.3. The molecule has 0 radical (unpaired) electrons. The number of hydrogen-bond acceptors (Lipinski definition) is 3. The van der Waals surface area contributed by atoms with E-state index in [9.17, 15) is 9.90 Å². The first-order chi connectivity index (χ1) is 16.6. The van der Waals surface area contributed by atoms with Crippen molar-refractivity contribution in [3.63, 3.8) is 0 Å². The van der Waals surface area contributed by atoms with Crippen molar-refractivity contribution in [3.8, 4) is 0 Å². The molecular weight excluding hydrogens is 424 g/mol. The largest absolute Gasteiger partial charge is 0.481 e. The molecule has 1 atom stereocenters. The average molecular weight is 485 g/mol. The standard InChI is InChI=1S/C18H34O3.C12H26O/c1-2-3-4-11-14-17(19)15-12-9-7-5-6-8-10-13-16-18(20)21;1-2-3-4-5-6-7-8-9-10-11-12-13/h9,12,17,19H,2-8,10-11,13-16H2,1H3,(H,20,21);13H,2-12H2,1H3/b12-9-;. The fourth-order valence-electron chi connectivity index (χ4n) is 3.96. The topological polar surface area (TPSA) is 77.8 Å². The van der Waals surface area contributed by atoms with Gasteiger partial charge in [0.2, 0.25) is 0 Å². The van der Waals surface area contributed by atoms with Crippen LogP contribution in [0.4, 0.5) is 0 Å². The molecule has 0 fully saturated rings. The number of allylic oxidation sites excluding steroid dienone is 1. The van der Waals surface area contributed by atoms with Crippen molar-refractivity contribution in [2.24, 2.45) is 0 Å². The minimum atomic E-state index is -0.689. The summed E-state index contributed by atoms with van der Waals surface area (Å²) in [5.74, 6) is -0.689. The molecule has 0 aromatic carbocycles. The molecule has 0 saturated carbocycles. The summed E-state index contributed by atoms with van der Waals surface area (Å²) in [6.07, 6.45) is 30.7. The predicted octanol–water partition coefficient (Wildman–Crippen LogP) is 8.98. The van der Waals surface area contributed by atoms with Crippen molar-refractivity contribution in [3.05, 3.63) is 12.2 Å². The van der Waals surface area contributed by atoms with Gasteiger partial charge in [-0.05, 0) is 38.5 Å². The van der Waals surface area contributed by atoms with Gasteiger partial charge in [0.05, 0.1) is 6.10 Å². The molecule has 34 heavy (non-hydrogen) atoms. The van der Waals surface area contributed by atoms with Gasteiger partial charge in [0, 0.05) is 13.0 Å². The maximum absolute atomic E-state index is 10.3. The molecule has 0 heterocycles. The second-order valence-electron chi connectivity index (χ2n) is 9.82. The molecule has 204 valence electrons. The molecule has 0 aliphatic carbocycles. The highest BCUT2D eigenvalue weighted by molar-refractivity contribution is 5.66. The van der Waals surface area contributed by atoms with Crippen molar-refractivity contribution in [1.82, 2.24) is 0 Å². The quantitative estimate of drug-likeness (QED) is 0.0892. The van der Waals surface area contributed by atoms with Crippen LogP contribution in [-0.2, 0) is 4.79 Å². The van der Waals surface area contributed by atoms with E-state index in [0.29, 0.717) is 13.0 Å². The first-order valence-electron chi connectivity index (χ1n) is 14.7. The summed E-state index contributed by atoms with van der Waals surface area (Å²) in [5.41, 5.74) is 0. The monoisotopic (exact) mass is 484 g/mol. The van der Waals surface area contributed by atoms with Crippen LogP contribution in [-0.4, -0.2) is 34.0 Å². The van der Waals surface area contributed by atoms with Gasteiger partial charge < -0.3 is 15.3 Å². The predicted molar refractivity (Wildman–Crippen MR) is 147 cm³/mol. The van der Waals surface area contributed by atoms with E-state index in [1.807, 2.05) is 0 Å². The lowest BCUT2D eigenvalue weighted by atomic mass is 10.1. The van der Waals surface area contributed by atoms with Crippen molar-refractivity contribution in [1.29, 1.82) is 0 Å². The lowest BCUT2D eigenvalue weighted by Gasteiger charge is -2.07. The van der Waals surface area contributed by atoms with Crippen molar-refractivity contribution >= 4 is 5.97 Å². The fourth-order valence-corrected chi connectivity index (χ4v) is 3.96. The number of carboxylic acids is 1. The van der Waals surface area contributed by atoms with E-state index in [4.69, 9.17) is 10.2 Å². The first-order valence-corrected chi connectivity index (χ1v) is 14.7. The van der Waals surface area contributed by atoms with E-state index in [1.165, 1.54) is 83.5 Å². The average Bonchev–Trinajstić information content (AvgIpc) is 2.82. The Bertz CT molecular complexity index is 399. The molecule has 1 unspecified atom stereocenters. The summed E-state index contributed by atoms with van der Waals surface area (Å²) >= 11 is 0. The Kier molecular flexibility index (Phi) is 33.4. The van der Waals surface area contributed by atoms with Gasteiger partial charge in [0.15, 0.2) is 0 Å². The summed E-state index contributed by atoms with van der Waals surface area (Å²) < 4.78 is 0. The molecule has 0 aliphatic rings. The van der Waals surface area contributed by atoms with E-state index >= 15 is 0 Å². The molecule has 0 aromatic heterocycles. The van der Waals surface area contributed by atoms with Crippen LogP contribution in [0.25, 0.3) is 0 Å². The Balaban J connectivity index is 0. The third-order valence-corrected chi connectivity index (χ3v) is 6.24. The van der Waals surface area contributed by atoms with Crippen LogP contribution >= 0.6 is 0 Å². The number of rotatable bonds is 25.